The lowest BCUT2D eigenvalue weighted by molar-refractivity contribution is -0.138. The third-order valence-corrected chi connectivity index (χ3v) is 3.53. The molecule has 1 atom stereocenters. The topological polar surface area (TPSA) is 73.4 Å². The van der Waals surface area contributed by atoms with E-state index in [-0.39, 0.29) is 18.1 Å². The van der Waals surface area contributed by atoms with E-state index in [1.165, 1.54) is 0 Å². The maximum Gasteiger partial charge on any atom is 0.317 e. The van der Waals surface area contributed by atoms with Gasteiger partial charge in [0.15, 0.2) is 0 Å². The fraction of sp³-hybridized carbons (Fsp3) is 0.538. The molecule has 2 rings (SSSR count). The second-order valence-electron chi connectivity index (χ2n) is 4.88. The summed E-state index contributed by atoms with van der Waals surface area (Å²) in [7, 11) is 0. The van der Waals surface area contributed by atoms with Gasteiger partial charge in [0.05, 0.1) is 6.54 Å². The number of rotatable bonds is 3. The Hall–Kier alpha value is -1.62. The van der Waals surface area contributed by atoms with Crippen LogP contribution in [-0.4, -0.2) is 34.0 Å². The number of H-pyrrole nitrogens is 1. The lowest BCUT2D eigenvalue weighted by atomic mass is 10.0. The number of pyridine rings is 1. The number of carbonyl (C=O) groups is 1. The van der Waals surface area contributed by atoms with E-state index in [0.29, 0.717) is 5.56 Å². The van der Waals surface area contributed by atoms with Crippen molar-refractivity contribution in [1.82, 2.24) is 9.88 Å². The number of aromatic nitrogens is 1. The van der Waals surface area contributed by atoms with Crippen molar-refractivity contribution in [3.05, 3.63) is 33.2 Å². The minimum absolute atomic E-state index is 0.0578. The first-order valence-electron chi connectivity index (χ1n) is 6.15. The van der Waals surface area contributed by atoms with E-state index < -0.39 is 5.97 Å². The summed E-state index contributed by atoms with van der Waals surface area (Å²) in [5.41, 5.74) is 2.50. The van der Waals surface area contributed by atoms with E-state index in [0.717, 1.165) is 30.6 Å². The first-order valence-corrected chi connectivity index (χ1v) is 6.15. The number of likely N-dealkylation sites (tertiary alicyclic amines) is 1. The normalized spacial score (nSPS) is 20.2. The predicted molar refractivity (Wildman–Crippen MR) is 67.7 cm³/mol. The SMILES string of the molecule is Cc1[nH]c(=O)c(C)cc1C1CCCN1CC(=O)O. The molecule has 0 saturated carbocycles. The number of aliphatic carboxylic acids is 1. The van der Waals surface area contributed by atoms with Crippen LogP contribution in [0.4, 0.5) is 0 Å². The third-order valence-electron chi connectivity index (χ3n) is 3.53. The fourth-order valence-corrected chi connectivity index (χ4v) is 2.64. The highest BCUT2D eigenvalue weighted by atomic mass is 16.4. The number of nitrogens with one attached hydrogen (secondary N) is 1. The van der Waals surface area contributed by atoms with Crippen LogP contribution in [0.2, 0.25) is 0 Å². The van der Waals surface area contributed by atoms with Crippen molar-refractivity contribution in [1.29, 1.82) is 0 Å². The van der Waals surface area contributed by atoms with Gasteiger partial charge in [-0.2, -0.15) is 0 Å². The molecule has 0 spiro atoms. The van der Waals surface area contributed by atoms with Crippen LogP contribution in [-0.2, 0) is 4.79 Å². The van der Waals surface area contributed by atoms with Crippen molar-refractivity contribution in [3.63, 3.8) is 0 Å². The highest BCUT2D eigenvalue weighted by Crippen LogP contribution is 2.32. The van der Waals surface area contributed by atoms with Crippen LogP contribution in [0.15, 0.2) is 10.9 Å². The van der Waals surface area contributed by atoms with Crippen molar-refractivity contribution in [2.75, 3.05) is 13.1 Å². The third kappa shape index (κ3) is 2.46. The van der Waals surface area contributed by atoms with Gasteiger partial charge in [-0.1, -0.05) is 0 Å². The molecule has 2 heterocycles. The Balaban J connectivity index is 2.33. The van der Waals surface area contributed by atoms with Crippen molar-refractivity contribution in [2.24, 2.45) is 0 Å². The number of nitrogens with zero attached hydrogens (tertiary/aromatic N) is 1. The van der Waals surface area contributed by atoms with Gasteiger partial charge < -0.3 is 10.1 Å². The van der Waals surface area contributed by atoms with Gasteiger partial charge in [0.2, 0.25) is 0 Å². The molecule has 5 nitrogen and oxygen atoms in total. The molecule has 1 unspecified atom stereocenters. The molecule has 1 aliphatic rings. The molecule has 1 fully saturated rings. The number of aromatic amines is 1. The van der Waals surface area contributed by atoms with Gasteiger partial charge in [-0.15, -0.1) is 0 Å². The zero-order valence-corrected chi connectivity index (χ0v) is 10.7. The van der Waals surface area contributed by atoms with E-state index in [1.54, 1.807) is 6.92 Å². The Morgan fingerprint density at radius 2 is 2.28 bits per heavy atom. The molecule has 2 N–H and O–H groups in total. The smallest absolute Gasteiger partial charge is 0.317 e. The highest BCUT2D eigenvalue weighted by Gasteiger charge is 2.28. The largest absolute Gasteiger partial charge is 0.480 e. The number of aryl methyl sites for hydroxylation is 2. The molecular weight excluding hydrogens is 232 g/mol. The molecule has 18 heavy (non-hydrogen) atoms. The Kier molecular flexibility index (Phi) is 3.52. The summed E-state index contributed by atoms with van der Waals surface area (Å²) in [4.78, 5) is 27.1. The van der Waals surface area contributed by atoms with E-state index >= 15 is 0 Å². The van der Waals surface area contributed by atoms with Crippen LogP contribution >= 0.6 is 0 Å². The van der Waals surface area contributed by atoms with Gasteiger partial charge >= 0.3 is 5.97 Å². The molecule has 0 radical (unpaired) electrons. The van der Waals surface area contributed by atoms with Gasteiger partial charge in [-0.05, 0) is 44.9 Å². The van der Waals surface area contributed by atoms with E-state index in [4.69, 9.17) is 5.11 Å². The number of hydrogen-bond donors (Lipinski definition) is 2. The van der Waals surface area contributed by atoms with Gasteiger partial charge in [-0.3, -0.25) is 14.5 Å². The highest BCUT2D eigenvalue weighted by molar-refractivity contribution is 5.69. The first kappa shape index (κ1) is 12.8. The summed E-state index contributed by atoms with van der Waals surface area (Å²) in [5.74, 6) is -0.805. The van der Waals surface area contributed by atoms with Crippen LogP contribution < -0.4 is 5.56 Å². The number of carboxylic acids is 1. The lowest BCUT2D eigenvalue weighted by Crippen LogP contribution is -2.30. The minimum atomic E-state index is -0.805. The Bertz CT molecular complexity index is 521. The second-order valence-corrected chi connectivity index (χ2v) is 4.88. The van der Waals surface area contributed by atoms with E-state index in [9.17, 15) is 9.59 Å². The van der Waals surface area contributed by atoms with Crippen molar-refractivity contribution < 1.29 is 9.90 Å². The second kappa shape index (κ2) is 4.94. The molecule has 0 amide bonds. The molecule has 1 saturated heterocycles. The average molecular weight is 250 g/mol. The summed E-state index contributed by atoms with van der Waals surface area (Å²) in [6, 6.07) is 2.00. The quantitative estimate of drug-likeness (QED) is 0.845. The molecule has 98 valence electrons. The van der Waals surface area contributed by atoms with Crippen molar-refractivity contribution in [2.45, 2.75) is 32.7 Å². The van der Waals surface area contributed by atoms with Gasteiger partial charge in [0.1, 0.15) is 0 Å². The Morgan fingerprint density at radius 1 is 1.56 bits per heavy atom. The lowest BCUT2D eigenvalue weighted by Gasteiger charge is -2.24. The summed E-state index contributed by atoms with van der Waals surface area (Å²) in [6.07, 6.45) is 1.94. The van der Waals surface area contributed by atoms with Gasteiger partial charge in [0, 0.05) is 17.3 Å². The van der Waals surface area contributed by atoms with Gasteiger partial charge in [0.25, 0.3) is 5.56 Å². The molecule has 0 bridgehead atoms. The van der Waals surface area contributed by atoms with Crippen molar-refractivity contribution >= 4 is 5.97 Å². The molecule has 1 aliphatic heterocycles. The van der Waals surface area contributed by atoms with E-state index in [1.807, 2.05) is 17.9 Å². The Morgan fingerprint density at radius 3 is 2.94 bits per heavy atom. The van der Waals surface area contributed by atoms with Crippen LogP contribution in [0.1, 0.15) is 35.7 Å². The molecule has 0 aromatic carbocycles. The molecule has 1 aromatic rings. The summed E-state index contributed by atoms with van der Waals surface area (Å²) in [6.45, 7) is 4.50. The standard InChI is InChI=1S/C13H18N2O3/c1-8-6-10(9(2)14-13(8)18)11-4-3-5-15(11)7-12(16)17/h6,11H,3-5,7H2,1-2H3,(H,14,18)(H,16,17). The van der Waals surface area contributed by atoms with Crippen LogP contribution in [0.5, 0.6) is 0 Å². The zero-order valence-electron chi connectivity index (χ0n) is 10.7. The maximum absolute atomic E-state index is 11.5. The van der Waals surface area contributed by atoms with Crippen LogP contribution in [0, 0.1) is 13.8 Å². The van der Waals surface area contributed by atoms with Crippen molar-refractivity contribution in [3.8, 4) is 0 Å². The van der Waals surface area contributed by atoms with E-state index in [2.05, 4.69) is 4.98 Å². The summed E-state index contributed by atoms with van der Waals surface area (Å²) in [5, 5.41) is 8.91. The van der Waals surface area contributed by atoms with Gasteiger partial charge in [-0.25, -0.2) is 0 Å². The maximum atomic E-state index is 11.5. The number of carboxylic acid groups (broad SMARTS) is 1. The molecular formula is C13H18N2O3. The predicted octanol–water partition coefficient (Wildman–Crippen LogP) is 1.21. The average Bonchev–Trinajstić information content (AvgIpc) is 2.70. The molecule has 0 aliphatic carbocycles. The zero-order chi connectivity index (χ0) is 13.3. The summed E-state index contributed by atoms with van der Waals surface area (Å²) >= 11 is 0. The molecule has 5 heteroatoms. The van der Waals surface area contributed by atoms with Crippen LogP contribution in [0.25, 0.3) is 0 Å². The molecule has 1 aromatic heterocycles. The minimum Gasteiger partial charge on any atom is -0.480 e. The Labute approximate surface area is 105 Å². The first-order chi connectivity index (χ1) is 8.49. The number of hydrogen-bond acceptors (Lipinski definition) is 3. The fourth-order valence-electron chi connectivity index (χ4n) is 2.64. The monoisotopic (exact) mass is 250 g/mol. The van der Waals surface area contributed by atoms with Crippen LogP contribution in [0.3, 0.4) is 0 Å². The summed E-state index contributed by atoms with van der Waals surface area (Å²) < 4.78 is 0.